The third kappa shape index (κ3) is 3.85. The zero-order valence-electron chi connectivity index (χ0n) is 14.7. The largest absolute Gasteiger partial charge is 0.489 e. The molecule has 136 valence electrons. The number of anilines is 1. The van der Waals surface area contributed by atoms with Gasteiger partial charge in [0.05, 0.1) is 36.7 Å². The molecule has 0 fully saturated rings. The second-order valence-corrected chi connectivity index (χ2v) is 6.74. The van der Waals surface area contributed by atoms with Gasteiger partial charge in [0.1, 0.15) is 5.75 Å². The molecule has 0 amide bonds. The predicted molar refractivity (Wildman–Crippen MR) is 100 cm³/mol. The summed E-state index contributed by atoms with van der Waals surface area (Å²) >= 11 is 1.40. The van der Waals surface area contributed by atoms with Crippen LogP contribution in [0.4, 0.5) is 5.69 Å². The summed E-state index contributed by atoms with van der Waals surface area (Å²) in [6, 6.07) is 6.52. The molecule has 1 N–H and O–H groups in total. The van der Waals surface area contributed by atoms with Crippen LogP contribution in [0.1, 0.15) is 29.9 Å². The molecule has 0 saturated heterocycles. The van der Waals surface area contributed by atoms with E-state index in [0.717, 1.165) is 0 Å². The molecular weight excluding hydrogens is 354 g/mol. The molecule has 3 rings (SSSR count). The first-order valence-corrected chi connectivity index (χ1v) is 8.94. The second-order valence-electron chi connectivity index (χ2n) is 5.86. The van der Waals surface area contributed by atoms with Crippen LogP contribution in [0.3, 0.4) is 0 Å². The molecule has 2 aromatic heterocycles. The minimum absolute atomic E-state index is 0.0234. The summed E-state index contributed by atoms with van der Waals surface area (Å²) in [5, 5.41) is 5.01. The van der Waals surface area contributed by atoms with Crippen molar-refractivity contribution in [3.8, 4) is 5.75 Å². The fraction of sp³-hybridized carbons (Fsp3) is 0.278. The molecule has 0 bridgehead atoms. The molecule has 0 aliphatic rings. The van der Waals surface area contributed by atoms with Gasteiger partial charge in [0, 0.05) is 17.6 Å². The number of hydrogen-bond acceptors (Lipinski definition) is 7. The lowest BCUT2D eigenvalue weighted by Gasteiger charge is -2.16. The number of aromatic nitrogens is 2. The average Bonchev–Trinajstić information content (AvgIpc) is 3.09. The SMILES string of the molecule is COC(=O)c1ccc(OC(C)C)c(NCc2cc(=O)n3ccsc3n2)c1. The van der Waals surface area contributed by atoms with Crippen LogP contribution in [-0.2, 0) is 11.3 Å². The van der Waals surface area contributed by atoms with Gasteiger partial charge >= 0.3 is 5.97 Å². The van der Waals surface area contributed by atoms with Gasteiger partial charge in [-0.3, -0.25) is 9.20 Å². The lowest BCUT2D eigenvalue weighted by atomic mass is 10.2. The maximum absolute atomic E-state index is 12.1. The van der Waals surface area contributed by atoms with Gasteiger partial charge in [-0.2, -0.15) is 0 Å². The number of hydrogen-bond donors (Lipinski definition) is 1. The Kier molecular flexibility index (Phi) is 5.22. The van der Waals surface area contributed by atoms with Crippen molar-refractivity contribution in [3.05, 3.63) is 57.5 Å². The smallest absolute Gasteiger partial charge is 0.337 e. The second kappa shape index (κ2) is 7.57. The summed E-state index contributed by atoms with van der Waals surface area (Å²) in [4.78, 5) is 29.0. The third-order valence-corrected chi connectivity index (χ3v) is 4.34. The Morgan fingerprint density at radius 2 is 2.15 bits per heavy atom. The number of carbonyl (C=O) groups is 1. The topological polar surface area (TPSA) is 81.9 Å². The Morgan fingerprint density at radius 3 is 2.88 bits per heavy atom. The van der Waals surface area contributed by atoms with E-state index in [4.69, 9.17) is 9.47 Å². The molecule has 0 spiro atoms. The standard InChI is InChI=1S/C18H19N3O4S/c1-11(2)25-15-5-4-12(17(23)24-3)8-14(15)19-10-13-9-16(22)21-6-7-26-18(21)20-13/h4-9,11,19H,10H2,1-3H3. The van der Waals surface area contributed by atoms with Crippen LogP contribution >= 0.6 is 11.3 Å². The zero-order chi connectivity index (χ0) is 18.7. The van der Waals surface area contributed by atoms with E-state index in [1.54, 1.807) is 24.4 Å². The predicted octanol–water partition coefficient (Wildman–Crippen LogP) is 2.94. The van der Waals surface area contributed by atoms with Crippen LogP contribution in [0.2, 0.25) is 0 Å². The van der Waals surface area contributed by atoms with Crippen LogP contribution < -0.4 is 15.6 Å². The number of nitrogens with zero attached hydrogens (tertiary/aromatic N) is 2. The molecule has 0 aliphatic carbocycles. The normalized spacial score (nSPS) is 10.9. The molecule has 0 unspecified atom stereocenters. The van der Waals surface area contributed by atoms with Crippen LogP contribution in [0.15, 0.2) is 40.6 Å². The number of thiazole rings is 1. The van der Waals surface area contributed by atoms with Gasteiger partial charge in [-0.15, -0.1) is 11.3 Å². The van der Waals surface area contributed by atoms with Crippen molar-refractivity contribution in [2.75, 3.05) is 12.4 Å². The third-order valence-electron chi connectivity index (χ3n) is 3.58. The Balaban J connectivity index is 1.88. The maximum Gasteiger partial charge on any atom is 0.337 e. The van der Waals surface area contributed by atoms with E-state index >= 15 is 0 Å². The van der Waals surface area contributed by atoms with Gasteiger partial charge in [0.15, 0.2) is 4.96 Å². The molecule has 0 atom stereocenters. The van der Waals surface area contributed by atoms with E-state index < -0.39 is 5.97 Å². The highest BCUT2D eigenvalue weighted by Gasteiger charge is 2.12. The molecule has 0 aliphatic heterocycles. The van der Waals surface area contributed by atoms with Crippen LogP contribution in [0.25, 0.3) is 4.96 Å². The molecule has 26 heavy (non-hydrogen) atoms. The molecule has 7 nitrogen and oxygen atoms in total. The number of nitrogens with one attached hydrogen (secondary N) is 1. The number of rotatable bonds is 6. The minimum Gasteiger partial charge on any atom is -0.489 e. The Morgan fingerprint density at radius 1 is 1.35 bits per heavy atom. The molecule has 1 aromatic carbocycles. The van der Waals surface area contributed by atoms with Crippen molar-refractivity contribution < 1.29 is 14.3 Å². The molecule has 0 saturated carbocycles. The van der Waals surface area contributed by atoms with Gasteiger partial charge < -0.3 is 14.8 Å². The Labute approximate surface area is 154 Å². The van der Waals surface area contributed by atoms with Gasteiger partial charge in [-0.05, 0) is 32.0 Å². The number of esters is 1. The van der Waals surface area contributed by atoms with Crippen molar-refractivity contribution in [1.29, 1.82) is 0 Å². The highest BCUT2D eigenvalue weighted by Crippen LogP contribution is 2.27. The highest BCUT2D eigenvalue weighted by atomic mass is 32.1. The molecular formula is C18H19N3O4S. The Hall–Kier alpha value is -2.87. The summed E-state index contributed by atoms with van der Waals surface area (Å²) < 4.78 is 12.1. The average molecular weight is 373 g/mol. The number of ether oxygens (including phenoxy) is 2. The first kappa shape index (κ1) is 17.9. The van der Waals surface area contributed by atoms with E-state index in [1.807, 2.05) is 19.2 Å². The molecule has 2 heterocycles. The van der Waals surface area contributed by atoms with E-state index in [2.05, 4.69) is 10.3 Å². The number of methoxy groups -OCH3 is 1. The monoisotopic (exact) mass is 373 g/mol. The fourth-order valence-electron chi connectivity index (χ4n) is 2.43. The summed E-state index contributed by atoms with van der Waals surface area (Å²) in [5.41, 5.74) is 1.52. The van der Waals surface area contributed by atoms with Gasteiger partial charge in [-0.25, -0.2) is 9.78 Å². The van der Waals surface area contributed by atoms with Crippen molar-refractivity contribution in [2.45, 2.75) is 26.5 Å². The first-order chi connectivity index (χ1) is 12.5. The summed E-state index contributed by atoms with van der Waals surface area (Å²) in [5.74, 6) is 0.182. The van der Waals surface area contributed by atoms with Gasteiger partial charge in [0.2, 0.25) is 0 Å². The molecule has 0 radical (unpaired) electrons. The van der Waals surface area contributed by atoms with E-state index in [1.165, 1.54) is 28.9 Å². The van der Waals surface area contributed by atoms with Crippen molar-refractivity contribution in [3.63, 3.8) is 0 Å². The van der Waals surface area contributed by atoms with Crippen molar-refractivity contribution in [2.24, 2.45) is 0 Å². The fourth-order valence-corrected chi connectivity index (χ4v) is 3.17. The number of carbonyl (C=O) groups excluding carboxylic acids is 1. The lowest BCUT2D eigenvalue weighted by Crippen LogP contribution is -2.15. The summed E-state index contributed by atoms with van der Waals surface area (Å²) in [6.45, 7) is 4.17. The van der Waals surface area contributed by atoms with E-state index in [-0.39, 0.29) is 11.7 Å². The molecule has 8 heteroatoms. The van der Waals surface area contributed by atoms with Crippen LogP contribution in [-0.4, -0.2) is 28.6 Å². The summed E-state index contributed by atoms with van der Waals surface area (Å²) in [6.07, 6.45) is 1.67. The number of fused-ring (bicyclic) bond motifs is 1. The van der Waals surface area contributed by atoms with E-state index in [0.29, 0.717) is 34.2 Å². The summed E-state index contributed by atoms with van der Waals surface area (Å²) in [7, 11) is 1.33. The highest BCUT2D eigenvalue weighted by molar-refractivity contribution is 7.15. The zero-order valence-corrected chi connectivity index (χ0v) is 15.5. The van der Waals surface area contributed by atoms with Crippen molar-refractivity contribution in [1.82, 2.24) is 9.38 Å². The quantitative estimate of drug-likeness (QED) is 0.669. The van der Waals surface area contributed by atoms with Gasteiger partial charge in [0.25, 0.3) is 5.56 Å². The van der Waals surface area contributed by atoms with Crippen LogP contribution in [0, 0.1) is 0 Å². The molecule has 3 aromatic rings. The first-order valence-electron chi connectivity index (χ1n) is 8.06. The van der Waals surface area contributed by atoms with Crippen LogP contribution in [0.5, 0.6) is 5.75 Å². The maximum atomic E-state index is 12.1. The minimum atomic E-state index is -0.430. The van der Waals surface area contributed by atoms with Gasteiger partial charge in [-0.1, -0.05) is 0 Å². The number of benzene rings is 1. The van der Waals surface area contributed by atoms with Crippen molar-refractivity contribution >= 4 is 28.0 Å². The lowest BCUT2D eigenvalue weighted by molar-refractivity contribution is 0.0600. The van der Waals surface area contributed by atoms with E-state index in [9.17, 15) is 9.59 Å². The Bertz CT molecular complexity index is 994.